The van der Waals surface area contributed by atoms with Gasteiger partial charge in [0.25, 0.3) is 5.91 Å². The van der Waals surface area contributed by atoms with Crippen molar-refractivity contribution in [3.05, 3.63) is 95.6 Å². The summed E-state index contributed by atoms with van der Waals surface area (Å²) in [7, 11) is 0. The van der Waals surface area contributed by atoms with Crippen molar-refractivity contribution in [3.63, 3.8) is 0 Å². The molecule has 1 atom stereocenters. The van der Waals surface area contributed by atoms with Crippen LogP contribution in [0, 0.1) is 12.8 Å². The van der Waals surface area contributed by atoms with Gasteiger partial charge in [-0.1, -0.05) is 60.2 Å². The molecule has 33 heavy (non-hydrogen) atoms. The van der Waals surface area contributed by atoms with Crippen LogP contribution < -0.4 is 15.5 Å². The highest BCUT2D eigenvalue weighted by Gasteiger charge is 2.35. The lowest BCUT2D eigenvalue weighted by Crippen LogP contribution is -2.30. The molecule has 0 bridgehead atoms. The Bertz CT molecular complexity index is 1140. The fourth-order valence-corrected chi connectivity index (χ4v) is 3.94. The summed E-state index contributed by atoms with van der Waals surface area (Å²) in [4.78, 5) is 39.9. The van der Waals surface area contributed by atoms with E-state index >= 15 is 0 Å². The van der Waals surface area contributed by atoms with E-state index in [1.807, 2.05) is 61.5 Å². The molecule has 168 valence electrons. The molecule has 4 rings (SSSR count). The summed E-state index contributed by atoms with van der Waals surface area (Å²) >= 11 is 0. The molecule has 0 aromatic heterocycles. The molecule has 0 unspecified atom stereocenters. The summed E-state index contributed by atoms with van der Waals surface area (Å²) in [6.07, 6.45) is 0.866. The Hall–Kier alpha value is -3.93. The van der Waals surface area contributed by atoms with Crippen molar-refractivity contribution >= 4 is 29.1 Å². The first-order valence-electron chi connectivity index (χ1n) is 11.1. The third kappa shape index (κ3) is 5.47. The smallest absolute Gasteiger partial charge is 0.253 e. The summed E-state index contributed by atoms with van der Waals surface area (Å²) in [5.41, 5.74) is 3.89. The van der Waals surface area contributed by atoms with Crippen LogP contribution in [0.3, 0.4) is 0 Å². The molecule has 6 heteroatoms. The highest BCUT2D eigenvalue weighted by atomic mass is 16.2. The number of amides is 3. The molecule has 0 radical (unpaired) electrons. The number of nitrogens with one attached hydrogen (secondary N) is 2. The van der Waals surface area contributed by atoms with E-state index in [0.717, 1.165) is 23.2 Å². The van der Waals surface area contributed by atoms with Crippen molar-refractivity contribution in [1.82, 2.24) is 5.32 Å². The Morgan fingerprint density at radius 3 is 2.39 bits per heavy atom. The minimum Gasteiger partial charge on any atom is -0.352 e. The number of nitrogens with zero attached hydrogens (tertiary/aromatic N) is 1. The predicted molar refractivity (Wildman–Crippen MR) is 129 cm³/mol. The van der Waals surface area contributed by atoms with Gasteiger partial charge in [0.1, 0.15) is 0 Å². The number of carbonyl (C=O) groups excluding carboxylic acids is 3. The van der Waals surface area contributed by atoms with E-state index in [9.17, 15) is 14.4 Å². The lowest BCUT2D eigenvalue weighted by molar-refractivity contribution is -0.122. The molecule has 1 aliphatic rings. The van der Waals surface area contributed by atoms with Crippen LogP contribution in [0.25, 0.3) is 0 Å². The Morgan fingerprint density at radius 2 is 1.64 bits per heavy atom. The van der Waals surface area contributed by atoms with Crippen LogP contribution in [0.4, 0.5) is 11.4 Å². The van der Waals surface area contributed by atoms with Crippen LogP contribution >= 0.6 is 0 Å². The second-order valence-corrected chi connectivity index (χ2v) is 8.27. The molecule has 6 nitrogen and oxygen atoms in total. The fraction of sp³-hybridized carbons (Fsp3) is 0.222. The lowest BCUT2D eigenvalue weighted by atomic mass is 10.1. The monoisotopic (exact) mass is 441 g/mol. The normalized spacial score (nSPS) is 15.4. The molecule has 2 N–H and O–H groups in total. The quantitative estimate of drug-likeness (QED) is 0.583. The zero-order valence-electron chi connectivity index (χ0n) is 18.6. The van der Waals surface area contributed by atoms with Gasteiger partial charge in [-0.2, -0.15) is 0 Å². The number of anilines is 2. The molecule has 1 aliphatic heterocycles. The zero-order valence-corrected chi connectivity index (χ0v) is 18.6. The van der Waals surface area contributed by atoms with Crippen molar-refractivity contribution in [2.24, 2.45) is 5.92 Å². The largest absolute Gasteiger partial charge is 0.352 e. The highest BCUT2D eigenvalue weighted by Crippen LogP contribution is 2.27. The summed E-state index contributed by atoms with van der Waals surface area (Å²) in [6.45, 7) is 2.80. The Kier molecular flexibility index (Phi) is 6.83. The van der Waals surface area contributed by atoms with Gasteiger partial charge < -0.3 is 15.5 Å². The second kappa shape index (κ2) is 10.1. The molecule has 3 aromatic rings. The zero-order chi connectivity index (χ0) is 23.2. The number of hydrogen-bond acceptors (Lipinski definition) is 3. The Morgan fingerprint density at radius 1 is 0.939 bits per heavy atom. The van der Waals surface area contributed by atoms with Crippen LogP contribution in [0.2, 0.25) is 0 Å². The van der Waals surface area contributed by atoms with Crippen molar-refractivity contribution in [2.45, 2.75) is 19.8 Å². The van der Waals surface area contributed by atoms with Gasteiger partial charge in [0.05, 0.1) is 17.2 Å². The number of aryl methyl sites for hydroxylation is 1. The molecular weight excluding hydrogens is 414 g/mol. The van der Waals surface area contributed by atoms with Crippen molar-refractivity contribution < 1.29 is 14.4 Å². The summed E-state index contributed by atoms with van der Waals surface area (Å²) in [5, 5.41) is 5.78. The van der Waals surface area contributed by atoms with E-state index in [-0.39, 0.29) is 24.1 Å². The molecule has 1 saturated heterocycles. The first kappa shape index (κ1) is 22.3. The molecule has 1 heterocycles. The van der Waals surface area contributed by atoms with Gasteiger partial charge in [-0.3, -0.25) is 14.4 Å². The lowest BCUT2D eigenvalue weighted by Gasteiger charge is -2.17. The topological polar surface area (TPSA) is 78.5 Å². The number of carbonyl (C=O) groups is 3. The molecule has 3 amide bonds. The Balaban J connectivity index is 1.38. The van der Waals surface area contributed by atoms with Crippen LogP contribution in [-0.4, -0.2) is 30.8 Å². The maximum Gasteiger partial charge on any atom is 0.253 e. The van der Waals surface area contributed by atoms with E-state index in [2.05, 4.69) is 10.6 Å². The predicted octanol–water partition coefficient (Wildman–Crippen LogP) is 3.96. The first-order chi connectivity index (χ1) is 16.0. The minimum absolute atomic E-state index is 0.0778. The molecule has 3 aromatic carbocycles. The molecule has 0 spiro atoms. The maximum absolute atomic E-state index is 12.9. The van der Waals surface area contributed by atoms with Gasteiger partial charge in [-0.05, 0) is 43.2 Å². The second-order valence-electron chi connectivity index (χ2n) is 8.27. The molecule has 1 fully saturated rings. The number of rotatable bonds is 7. The van der Waals surface area contributed by atoms with Gasteiger partial charge in [-0.25, -0.2) is 0 Å². The van der Waals surface area contributed by atoms with E-state index < -0.39 is 5.92 Å². The summed E-state index contributed by atoms with van der Waals surface area (Å²) < 4.78 is 0. The van der Waals surface area contributed by atoms with Gasteiger partial charge in [0.2, 0.25) is 11.8 Å². The van der Waals surface area contributed by atoms with E-state index in [4.69, 9.17) is 0 Å². The fourth-order valence-electron chi connectivity index (χ4n) is 3.94. The summed E-state index contributed by atoms with van der Waals surface area (Å²) in [5.74, 6) is -1.06. The van der Waals surface area contributed by atoms with Gasteiger partial charge in [0.15, 0.2) is 0 Å². The SMILES string of the molecule is Cc1ccc(N2C[C@H](C(=O)Nc3ccccc3C(=O)NCCc3ccccc3)CC2=O)cc1. The standard InChI is InChI=1S/C27H27N3O3/c1-19-11-13-22(14-12-19)30-18-21(17-25(30)31)26(32)29-24-10-6-5-9-23(24)27(33)28-16-15-20-7-3-2-4-8-20/h2-14,21H,15-18H2,1H3,(H,28,33)(H,29,32)/t21-/m1/s1. The van der Waals surface area contributed by atoms with Gasteiger partial charge in [0, 0.05) is 25.2 Å². The van der Waals surface area contributed by atoms with Gasteiger partial charge in [-0.15, -0.1) is 0 Å². The molecule has 0 saturated carbocycles. The first-order valence-corrected chi connectivity index (χ1v) is 11.1. The third-order valence-electron chi connectivity index (χ3n) is 5.81. The van der Waals surface area contributed by atoms with Crippen LogP contribution in [-0.2, 0) is 16.0 Å². The average molecular weight is 442 g/mol. The van der Waals surface area contributed by atoms with Gasteiger partial charge >= 0.3 is 0 Å². The molecule has 0 aliphatic carbocycles. The van der Waals surface area contributed by atoms with Crippen molar-refractivity contribution in [1.29, 1.82) is 0 Å². The van der Waals surface area contributed by atoms with Crippen LogP contribution in [0.5, 0.6) is 0 Å². The van der Waals surface area contributed by atoms with Crippen molar-refractivity contribution in [3.8, 4) is 0 Å². The molecular formula is C27H27N3O3. The van der Waals surface area contributed by atoms with E-state index in [1.54, 1.807) is 29.2 Å². The maximum atomic E-state index is 12.9. The van der Waals surface area contributed by atoms with Crippen LogP contribution in [0.15, 0.2) is 78.9 Å². The average Bonchev–Trinajstić information content (AvgIpc) is 3.22. The number of para-hydroxylation sites is 1. The third-order valence-corrected chi connectivity index (χ3v) is 5.81. The minimum atomic E-state index is -0.479. The van der Waals surface area contributed by atoms with E-state index in [0.29, 0.717) is 24.3 Å². The van der Waals surface area contributed by atoms with E-state index in [1.165, 1.54) is 0 Å². The Labute approximate surface area is 193 Å². The highest BCUT2D eigenvalue weighted by molar-refractivity contribution is 6.07. The van der Waals surface area contributed by atoms with Crippen molar-refractivity contribution in [2.75, 3.05) is 23.3 Å². The van der Waals surface area contributed by atoms with Crippen LogP contribution in [0.1, 0.15) is 27.9 Å². The number of hydrogen-bond donors (Lipinski definition) is 2. The summed E-state index contributed by atoms with van der Waals surface area (Å²) in [6, 6.07) is 24.5. The number of benzene rings is 3.